The van der Waals surface area contributed by atoms with Crippen LogP contribution in [0.3, 0.4) is 0 Å². The van der Waals surface area contributed by atoms with E-state index in [0.29, 0.717) is 0 Å². The van der Waals surface area contributed by atoms with Crippen molar-refractivity contribution in [2.24, 2.45) is 29.1 Å². The highest BCUT2D eigenvalue weighted by atomic mass is 16.3. The maximum absolute atomic E-state index is 9.95. The zero-order valence-corrected chi connectivity index (χ0v) is 13.6. The van der Waals surface area contributed by atoms with Crippen LogP contribution in [-0.4, -0.2) is 11.2 Å². The fourth-order valence-corrected chi connectivity index (χ4v) is 6.41. The first-order valence-corrected chi connectivity index (χ1v) is 9.09. The highest BCUT2D eigenvalue weighted by molar-refractivity contribution is 5.29. The second-order valence-electron chi connectivity index (χ2n) is 8.28. The van der Waals surface area contributed by atoms with E-state index in [0.717, 1.165) is 42.9 Å². The van der Waals surface area contributed by atoms with Crippen molar-refractivity contribution in [3.8, 4) is 6.07 Å². The molecule has 0 saturated heterocycles. The molecule has 6 atom stereocenters. The van der Waals surface area contributed by atoms with Gasteiger partial charge < -0.3 is 5.11 Å². The van der Waals surface area contributed by atoms with Crippen LogP contribution in [0.1, 0.15) is 58.3 Å². The smallest absolute Gasteiger partial charge is 0.0911 e. The molecule has 4 rings (SSSR count). The summed E-state index contributed by atoms with van der Waals surface area (Å²) in [6.45, 7) is 2.42. The van der Waals surface area contributed by atoms with Gasteiger partial charge in [0.25, 0.3) is 0 Å². The average Bonchev–Trinajstić information content (AvgIpc) is 2.84. The van der Waals surface area contributed by atoms with Crippen LogP contribution in [0.2, 0.25) is 0 Å². The summed E-state index contributed by atoms with van der Waals surface area (Å²) in [7, 11) is 0. The SMILES string of the molecule is C[C@]12CC[C@H]3[C@@H](CC=C4C[C@@H](O)CC[C@@H]43)[C@@H]1CCC2=CC#N. The molecule has 0 unspecified atom stereocenters. The molecule has 0 aliphatic heterocycles. The maximum Gasteiger partial charge on any atom is 0.0911 e. The Bertz CT molecular complexity index is 569. The van der Waals surface area contributed by atoms with Crippen LogP contribution in [0.4, 0.5) is 0 Å². The first kappa shape index (κ1) is 14.5. The van der Waals surface area contributed by atoms with Gasteiger partial charge in [-0.1, -0.05) is 24.1 Å². The van der Waals surface area contributed by atoms with Crippen LogP contribution in [0.5, 0.6) is 0 Å². The summed E-state index contributed by atoms with van der Waals surface area (Å²) in [5.41, 5.74) is 3.28. The van der Waals surface area contributed by atoms with Crippen molar-refractivity contribution < 1.29 is 5.11 Å². The van der Waals surface area contributed by atoms with Gasteiger partial charge in [0.15, 0.2) is 0 Å². The summed E-state index contributed by atoms with van der Waals surface area (Å²) in [6.07, 6.45) is 13.6. The van der Waals surface area contributed by atoms with E-state index in [-0.39, 0.29) is 11.5 Å². The number of allylic oxidation sites excluding steroid dienone is 3. The summed E-state index contributed by atoms with van der Waals surface area (Å²) < 4.78 is 0. The molecule has 2 heteroatoms. The van der Waals surface area contributed by atoms with Gasteiger partial charge in [0.1, 0.15) is 0 Å². The van der Waals surface area contributed by atoms with Crippen molar-refractivity contribution in [2.75, 3.05) is 0 Å². The minimum Gasteiger partial charge on any atom is -0.393 e. The van der Waals surface area contributed by atoms with E-state index in [1.54, 1.807) is 5.57 Å². The fraction of sp³-hybridized carbons (Fsp3) is 0.750. The molecule has 0 spiro atoms. The summed E-state index contributed by atoms with van der Waals surface area (Å²) >= 11 is 0. The Morgan fingerprint density at radius 2 is 2.14 bits per heavy atom. The van der Waals surface area contributed by atoms with Gasteiger partial charge >= 0.3 is 0 Å². The van der Waals surface area contributed by atoms with Crippen LogP contribution in [-0.2, 0) is 0 Å². The molecule has 4 aliphatic rings. The zero-order valence-electron chi connectivity index (χ0n) is 13.6. The van der Waals surface area contributed by atoms with E-state index in [2.05, 4.69) is 19.1 Å². The minimum absolute atomic E-state index is 0.0930. The van der Waals surface area contributed by atoms with Gasteiger partial charge in [0, 0.05) is 6.08 Å². The van der Waals surface area contributed by atoms with Gasteiger partial charge in [0.2, 0.25) is 0 Å². The molecule has 118 valence electrons. The molecule has 0 aromatic rings. The third-order valence-electron chi connectivity index (χ3n) is 7.51. The molecular weight excluding hydrogens is 270 g/mol. The number of nitriles is 1. The third-order valence-corrected chi connectivity index (χ3v) is 7.51. The second kappa shape index (κ2) is 5.24. The van der Waals surface area contributed by atoms with Gasteiger partial charge in [0.05, 0.1) is 12.2 Å². The first-order valence-electron chi connectivity index (χ1n) is 9.09. The number of nitrogens with zero attached hydrogens (tertiary/aromatic N) is 1. The monoisotopic (exact) mass is 297 g/mol. The van der Waals surface area contributed by atoms with Gasteiger partial charge in [-0.2, -0.15) is 5.26 Å². The largest absolute Gasteiger partial charge is 0.393 e. The zero-order chi connectivity index (χ0) is 15.3. The highest BCUT2D eigenvalue weighted by Gasteiger charge is 2.53. The molecular formula is C20H27NO. The first-order chi connectivity index (χ1) is 10.6. The van der Waals surface area contributed by atoms with E-state index in [1.165, 1.54) is 37.7 Å². The molecule has 0 amide bonds. The molecule has 0 bridgehead atoms. The summed E-state index contributed by atoms with van der Waals surface area (Å²) in [5, 5.41) is 19.0. The van der Waals surface area contributed by atoms with Crippen LogP contribution >= 0.6 is 0 Å². The number of hydrogen-bond acceptors (Lipinski definition) is 2. The number of aliphatic hydroxyl groups excluding tert-OH is 1. The van der Waals surface area contributed by atoms with Gasteiger partial charge in [-0.15, -0.1) is 0 Å². The van der Waals surface area contributed by atoms with E-state index in [9.17, 15) is 5.11 Å². The molecule has 3 saturated carbocycles. The standard InChI is InChI=1S/C20H27NO/c1-20-10-8-17-16-6-4-15(22)12-13(16)2-5-18(17)19(20)7-3-14(20)9-11-21/h2,9,15-19,22H,3-8,10,12H2,1H3/t15-,16-,17+,18+,19-,20+/m0/s1. The molecule has 1 N–H and O–H groups in total. The van der Waals surface area contributed by atoms with Crippen molar-refractivity contribution in [3.63, 3.8) is 0 Å². The predicted octanol–water partition coefficient (Wildman–Crippen LogP) is 4.37. The molecule has 0 aromatic carbocycles. The molecule has 22 heavy (non-hydrogen) atoms. The minimum atomic E-state index is -0.0930. The van der Waals surface area contributed by atoms with Crippen molar-refractivity contribution >= 4 is 0 Å². The lowest BCUT2D eigenvalue weighted by molar-refractivity contribution is 0.0142. The average molecular weight is 297 g/mol. The Labute approximate surface area is 133 Å². The number of hydrogen-bond donors (Lipinski definition) is 1. The van der Waals surface area contributed by atoms with Crippen molar-refractivity contribution in [1.29, 1.82) is 5.26 Å². The lowest BCUT2D eigenvalue weighted by Crippen LogP contribution is -2.44. The van der Waals surface area contributed by atoms with Gasteiger partial charge in [-0.05, 0) is 80.5 Å². The Balaban J connectivity index is 1.63. The molecule has 0 heterocycles. The van der Waals surface area contributed by atoms with E-state index in [4.69, 9.17) is 5.26 Å². The van der Waals surface area contributed by atoms with Crippen LogP contribution in [0.25, 0.3) is 0 Å². The number of fused-ring (bicyclic) bond motifs is 5. The normalized spacial score (nSPS) is 48.9. The van der Waals surface area contributed by atoms with Crippen LogP contribution < -0.4 is 0 Å². The number of aliphatic hydroxyl groups is 1. The lowest BCUT2D eigenvalue weighted by atomic mass is 9.52. The predicted molar refractivity (Wildman–Crippen MR) is 86.8 cm³/mol. The molecule has 0 aromatic heterocycles. The second-order valence-corrected chi connectivity index (χ2v) is 8.28. The van der Waals surface area contributed by atoms with Crippen molar-refractivity contribution in [2.45, 2.75) is 64.4 Å². The fourth-order valence-electron chi connectivity index (χ4n) is 6.41. The highest BCUT2D eigenvalue weighted by Crippen LogP contribution is 2.63. The molecule has 3 fully saturated rings. The molecule has 2 nitrogen and oxygen atoms in total. The Morgan fingerprint density at radius 1 is 1.27 bits per heavy atom. The quantitative estimate of drug-likeness (QED) is 0.533. The maximum atomic E-state index is 9.95. The van der Waals surface area contributed by atoms with Crippen LogP contribution in [0, 0.1) is 40.4 Å². The summed E-state index contributed by atoms with van der Waals surface area (Å²) in [5.74, 6) is 3.17. The molecule has 4 aliphatic carbocycles. The Morgan fingerprint density at radius 3 is 2.95 bits per heavy atom. The summed E-state index contributed by atoms with van der Waals surface area (Å²) in [6, 6.07) is 2.29. The van der Waals surface area contributed by atoms with E-state index < -0.39 is 0 Å². The Hall–Kier alpha value is -1.07. The van der Waals surface area contributed by atoms with E-state index in [1.807, 2.05) is 6.08 Å². The molecule has 0 radical (unpaired) electrons. The van der Waals surface area contributed by atoms with Crippen LogP contribution in [0.15, 0.2) is 23.3 Å². The lowest BCUT2D eigenvalue weighted by Gasteiger charge is -2.52. The topological polar surface area (TPSA) is 44.0 Å². The van der Waals surface area contributed by atoms with Gasteiger partial charge in [-0.25, -0.2) is 0 Å². The van der Waals surface area contributed by atoms with Crippen molar-refractivity contribution in [1.82, 2.24) is 0 Å². The number of rotatable bonds is 0. The van der Waals surface area contributed by atoms with Gasteiger partial charge in [-0.3, -0.25) is 0 Å². The third kappa shape index (κ3) is 2.02. The van der Waals surface area contributed by atoms with Crippen molar-refractivity contribution in [3.05, 3.63) is 23.3 Å². The van der Waals surface area contributed by atoms with E-state index >= 15 is 0 Å². The summed E-state index contributed by atoms with van der Waals surface area (Å²) in [4.78, 5) is 0. The Kier molecular flexibility index (Phi) is 3.46.